The van der Waals surface area contributed by atoms with Crippen molar-refractivity contribution in [1.82, 2.24) is 5.32 Å². The Balaban J connectivity index is 1.67. The van der Waals surface area contributed by atoms with Crippen LogP contribution < -0.4 is 5.32 Å². The van der Waals surface area contributed by atoms with Gasteiger partial charge in [-0.25, -0.2) is 0 Å². The quantitative estimate of drug-likeness (QED) is 0.752. The standard InChI is InChI=1S/C16H29NO/c1-12-7-13(2)9-14(8-12)10-17-11-15-5-3-4-6-16(15)18/h7,12,14-18H,3-6,8-11H2,1-2H3. The predicted octanol–water partition coefficient (Wildman–Crippen LogP) is 3.12. The van der Waals surface area contributed by atoms with Crippen LogP contribution in [0.15, 0.2) is 11.6 Å². The van der Waals surface area contributed by atoms with E-state index in [4.69, 9.17) is 0 Å². The van der Waals surface area contributed by atoms with Crippen molar-refractivity contribution in [3.8, 4) is 0 Å². The molecule has 4 atom stereocenters. The van der Waals surface area contributed by atoms with Crippen molar-refractivity contribution in [2.24, 2.45) is 17.8 Å². The van der Waals surface area contributed by atoms with E-state index in [0.29, 0.717) is 5.92 Å². The summed E-state index contributed by atoms with van der Waals surface area (Å²) in [7, 11) is 0. The molecule has 0 aromatic rings. The van der Waals surface area contributed by atoms with Gasteiger partial charge in [-0.1, -0.05) is 31.4 Å². The van der Waals surface area contributed by atoms with Crippen molar-refractivity contribution in [2.45, 2.75) is 58.5 Å². The van der Waals surface area contributed by atoms with Gasteiger partial charge in [-0.05, 0) is 56.9 Å². The molecule has 0 spiro atoms. The smallest absolute Gasteiger partial charge is 0.0580 e. The zero-order valence-electron chi connectivity index (χ0n) is 12.0. The van der Waals surface area contributed by atoms with E-state index in [1.807, 2.05) is 0 Å². The summed E-state index contributed by atoms with van der Waals surface area (Å²) in [6.45, 7) is 6.71. The molecule has 0 aromatic carbocycles. The first kappa shape index (κ1) is 14.1. The average molecular weight is 251 g/mol. The molecule has 0 heterocycles. The Morgan fingerprint density at radius 2 is 2.06 bits per heavy atom. The lowest BCUT2D eigenvalue weighted by molar-refractivity contribution is 0.0690. The van der Waals surface area contributed by atoms with E-state index in [1.165, 1.54) is 32.1 Å². The van der Waals surface area contributed by atoms with Gasteiger partial charge in [-0.15, -0.1) is 0 Å². The average Bonchev–Trinajstić information content (AvgIpc) is 2.30. The number of rotatable bonds is 4. The van der Waals surface area contributed by atoms with Gasteiger partial charge in [0.25, 0.3) is 0 Å². The van der Waals surface area contributed by atoms with E-state index in [1.54, 1.807) is 5.57 Å². The molecule has 0 aliphatic heterocycles. The van der Waals surface area contributed by atoms with Gasteiger partial charge >= 0.3 is 0 Å². The van der Waals surface area contributed by atoms with Crippen LogP contribution in [0.5, 0.6) is 0 Å². The van der Waals surface area contributed by atoms with Crippen molar-refractivity contribution in [3.63, 3.8) is 0 Å². The van der Waals surface area contributed by atoms with Crippen molar-refractivity contribution < 1.29 is 5.11 Å². The molecule has 104 valence electrons. The van der Waals surface area contributed by atoms with E-state index in [9.17, 15) is 5.11 Å². The molecule has 2 N–H and O–H groups in total. The summed E-state index contributed by atoms with van der Waals surface area (Å²) >= 11 is 0. The minimum atomic E-state index is -0.0573. The van der Waals surface area contributed by atoms with E-state index in [-0.39, 0.29) is 6.10 Å². The second-order valence-corrected chi connectivity index (χ2v) is 6.57. The topological polar surface area (TPSA) is 32.3 Å². The molecule has 1 fully saturated rings. The lowest BCUT2D eigenvalue weighted by Gasteiger charge is -2.30. The Morgan fingerprint density at radius 3 is 2.78 bits per heavy atom. The Morgan fingerprint density at radius 1 is 1.28 bits per heavy atom. The summed E-state index contributed by atoms with van der Waals surface area (Å²) < 4.78 is 0. The van der Waals surface area contributed by atoms with Crippen LogP contribution in [0, 0.1) is 17.8 Å². The van der Waals surface area contributed by atoms with Crippen LogP contribution in [0.1, 0.15) is 52.4 Å². The van der Waals surface area contributed by atoms with Gasteiger partial charge < -0.3 is 10.4 Å². The third-order valence-electron chi connectivity index (χ3n) is 4.59. The molecular formula is C16H29NO. The van der Waals surface area contributed by atoms with Crippen LogP contribution >= 0.6 is 0 Å². The number of aliphatic hydroxyl groups is 1. The number of allylic oxidation sites excluding steroid dienone is 2. The third kappa shape index (κ3) is 4.10. The van der Waals surface area contributed by atoms with Crippen LogP contribution in [-0.4, -0.2) is 24.3 Å². The van der Waals surface area contributed by atoms with Crippen molar-refractivity contribution in [1.29, 1.82) is 0 Å². The largest absolute Gasteiger partial charge is 0.393 e. The fourth-order valence-electron chi connectivity index (χ4n) is 3.74. The SMILES string of the molecule is CC1=CC(C)CC(CNCC2CCCCC2O)C1. The van der Waals surface area contributed by atoms with Gasteiger partial charge in [0, 0.05) is 6.54 Å². The molecule has 2 heteroatoms. The third-order valence-corrected chi connectivity index (χ3v) is 4.59. The van der Waals surface area contributed by atoms with Crippen LogP contribution in [0.25, 0.3) is 0 Å². The first-order chi connectivity index (χ1) is 8.65. The maximum atomic E-state index is 9.94. The lowest BCUT2D eigenvalue weighted by atomic mass is 9.83. The van der Waals surface area contributed by atoms with E-state index in [2.05, 4.69) is 25.2 Å². The highest BCUT2D eigenvalue weighted by atomic mass is 16.3. The molecule has 2 rings (SSSR count). The molecule has 2 aliphatic carbocycles. The van der Waals surface area contributed by atoms with Gasteiger partial charge in [0.15, 0.2) is 0 Å². The first-order valence-electron chi connectivity index (χ1n) is 7.71. The number of hydrogen-bond acceptors (Lipinski definition) is 2. The van der Waals surface area contributed by atoms with Crippen LogP contribution in [0.3, 0.4) is 0 Å². The lowest BCUT2D eigenvalue weighted by Crippen LogP contribution is -2.36. The summed E-state index contributed by atoms with van der Waals surface area (Å²) in [4.78, 5) is 0. The number of nitrogens with one attached hydrogen (secondary N) is 1. The van der Waals surface area contributed by atoms with Crippen LogP contribution in [0.4, 0.5) is 0 Å². The van der Waals surface area contributed by atoms with E-state index in [0.717, 1.165) is 31.3 Å². The molecule has 0 bridgehead atoms. The Kier molecular flexibility index (Phi) is 5.25. The van der Waals surface area contributed by atoms with E-state index < -0.39 is 0 Å². The van der Waals surface area contributed by atoms with Gasteiger partial charge in [-0.3, -0.25) is 0 Å². The van der Waals surface area contributed by atoms with Gasteiger partial charge in [0.1, 0.15) is 0 Å². The van der Waals surface area contributed by atoms with Crippen LogP contribution in [-0.2, 0) is 0 Å². The molecule has 18 heavy (non-hydrogen) atoms. The fraction of sp³-hybridized carbons (Fsp3) is 0.875. The van der Waals surface area contributed by atoms with Gasteiger partial charge in [-0.2, -0.15) is 0 Å². The van der Waals surface area contributed by atoms with Gasteiger partial charge in [0.2, 0.25) is 0 Å². The highest BCUT2D eigenvalue weighted by Gasteiger charge is 2.23. The molecule has 0 amide bonds. The van der Waals surface area contributed by atoms with Crippen LogP contribution in [0.2, 0.25) is 0 Å². The zero-order chi connectivity index (χ0) is 13.0. The summed E-state index contributed by atoms with van der Waals surface area (Å²) in [5, 5.41) is 13.6. The van der Waals surface area contributed by atoms with Crippen molar-refractivity contribution in [2.75, 3.05) is 13.1 Å². The summed E-state index contributed by atoms with van der Waals surface area (Å²) in [6, 6.07) is 0. The number of aliphatic hydroxyl groups excluding tert-OH is 1. The summed E-state index contributed by atoms with van der Waals surface area (Å²) in [6.07, 6.45) is 9.65. The Labute approximate surface area is 112 Å². The summed E-state index contributed by atoms with van der Waals surface area (Å²) in [5.41, 5.74) is 1.55. The summed E-state index contributed by atoms with van der Waals surface area (Å²) in [5.74, 6) is 2.04. The molecule has 2 aliphatic rings. The highest BCUT2D eigenvalue weighted by molar-refractivity contribution is 5.06. The molecular weight excluding hydrogens is 222 g/mol. The Bertz CT molecular complexity index is 287. The molecule has 0 aromatic heterocycles. The monoisotopic (exact) mass is 251 g/mol. The molecule has 0 saturated heterocycles. The zero-order valence-corrected chi connectivity index (χ0v) is 12.0. The number of hydrogen-bond donors (Lipinski definition) is 2. The Hall–Kier alpha value is -0.340. The second kappa shape index (κ2) is 6.72. The predicted molar refractivity (Wildman–Crippen MR) is 76.5 cm³/mol. The fourth-order valence-corrected chi connectivity index (χ4v) is 3.74. The van der Waals surface area contributed by atoms with Crippen molar-refractivity contribution >= 4 is 0 Å². The molecule has 2 nitrogen and oxygen atoms in total. The minimum Gasteiger partial charge on any atom is -0.393 e. The minimum absolute atomic E-state index is 0.0573. The first-order valence-corrected chi connectivity index (χ1v) is 7.71. The normalized spacial score (nSPS) is 37.4. The van der Waals surface area contributed by atoms with Crippen molar-refractivity contribution in [3.05, 3.63) is 11.6 Å². The molecule has 1 saturated carbocycles. The maximum absolute atomic E-state index is 9.94. The highest BCUT2D eigenvalue weighted by Crippen LogP contribution is 2.28. The second-order valence-electron chi connectivity index (χ2n) is 6.57. The molecule has 0 radical (unpaired) electrons. The molecule has 4 unspecified atom stereocenters. The van der Waals surface area contributed by atoms with E-state index >= 15 is 0 Å². The maximum Gasteiger partial charge on any atom is 0.0580 e. The van der Waals surface area contributed by atoms with Gasteiger partial charge in [0.05, 0.1) is 6.10 Å².